The van der Waals surface area contributed by atoms with Gasteiger partial charge in [-0.3, -0.25) is 20.5 Å². The highest BCUT2D eigenvalue weighted by molar-refractivity contribution is 5.98. The first-order valence-corrected chi connectivity index (χ1v) is 13.7. The lowest BCUT2D eigenvalue weighted by Gasteiger charge is -2.19. The maximum Gasteiger partial charge on any atom is 0.234 e. The molecule has 0 saturated carbocycles. The van der Waals surface area contributed by atoms with Crippen LogP contribution >= 0.6 is 0 Å². The second-order valence-corrected chi connectivity index (χ2v) is 10.3. The van der Waals surface area contributed by atoms with Gasteiger partial charge in [0.15, 0.2) is 0 Å². The second kappa shape index (κ2) is 11.1. The normalized spacial score (nSPS) is 15.7. The van der Waals surface area contributed by atoms with E-state index < -0.39 is 0 Å². The van der Waals surface area contributed by atoms with Crippen molar-refractivity contribution < 1.29 is 9.37 Å². The van der Waals surface area contributed by atoms with E-state index in [0.29, 0.717) is 13.0 Å². The predicted octanol–water partition coefficient (Wildman–Crippen LogP) is 5.18. The Labute approximate surface area is 238 Å². The fourth-order valence-electron chi connectivity index (χ4n) is 5.30. The van der Waals surface area contributed by atoms with Crippen molar-refractivity contribution in [2.24, 2.45) is 5.73 Å². The fourth-order valence-corrected chi connectivity index (χ4v) is 5.30. The van der Waals surface area contributed by atoms with Crippen LogP contribution in [0.15, 0.2) is 97.1 Å². The molecule has 4 aromatic rings. The first kappa shape index (κ1) is 26.0. The van der Waals surface area contributed by atoms with Crippen LogP contribution in [0.5, 0.6) is 0 Å². The number of carbonyl (C=O) groups is 1. The lowest BCUT2D eigenvalue weighted by molar-refractivity contribution is -0.470. The second-order valence-electron chi connectivity index (χ2n) is 10.3. The fraction of sp³-hybridized carbons (Fsp3) is 0.152. The Bertz CT molecular complexity index is 1810. The maximum atomic E-state index is 12.4. The molecule has 8 nitrogen and oxygen atoms in total. The van der Waals surface area contributed by atoms with Crippen LogP contribution in [0.1, 0.15) is 49.1 Å². The molecule has 0 bridgehead atoms. The molecule has 0 fully saturated rings. The van der Waals surface area contributed by atoms with Gasteiger partial charge in [-0.25, -0.2) is 4.58 Å². The highest BCUT2D eigenvalue weighted by Gasteiger charge is 2.22. The molecule has 2 aliphatic heterocycles. The zero-order valence-corrected chi connectivity index (χ0v) is 23.1. The van der Waals surface area contributed by atoms with Crippen LogP contribution in [0, 0.1) is 0 Å². The third-order valence-electron chi connectivity index (χ3n) is 7.30. The van der Waals surface area contributed by atoms with Crippen molar-refractivity contribution in [1.82, 2.24) is 25.6 Å². The Morgan fingerprint density at radius 3 is 2.73 bits per heavy atom. The molecule has 0 radical (unpaired) electrons. The Kier molecular flexibility index (Phi) is 7.04. The standard InChI is InChI=1S/C33H31N7O/c1-3-4-33(41)38-26-11-21(2)37-15-25(12-26)23-5-6-24-18-40(20-34)19-30(27(24)13-23)31-14-28-29(16-36-17-32(28)39-31)22-7-9-35-10-8-22/h5-17,19-20,34,37H,3-4,18H2,1-2H3,(H2,35,36,38,39,41)/p+1. The van der Waals surface area contributed by atoms with Crippen LogP contribution in [0.25, 0.3) is 33.2 Å². The van der Waals surface area contributed by atoms with Gasteiger partial charge in [-0.05, 0) is 72.0 Å². The van der Waals surface area contributed by atoms with Gasteiger partial charge in [-0.15, -0.1) is 0 Å². The summed E-state index contributed by atoms with van der Waals surface area (Å²) in [6.45, 7) is 4.65. The van der Waals surface area contributed by atoms with Gasteiger partial charge in [-0.1, -0.05) is 19.1 Å². The molecule has 1 aromatic carbocycles. The van der Waals surface area contributed by atoms with Gasteiger partial charge in [0.05, 0.1) is 17.4 Å². The third-order valence-corrected chi connectivity index (χ3v) is 7.30. The minimum atomic E-state index is 0.0114. The van der Waals surface area contributed by atoms with E-state index in [1.165, 1.54) is 0 Å². The minimum absolute atomic E-state index is 0.0114. The maximum absolute atomic E-state index is 12.4. The quantitative estimate of drug-likeness (QED) is 0.198. The van der Waals surface area contributed by atoms with E-state index in [1.807, 2.05) is 61.3 Å². The molecular formula is C33H32N7O+. The molecule has 8 heteroatoms. The topological polar surface area (TPSA) is 112 Å². The zero-order chi connectivity index (χ0) is 28.3. The number of hydrogen-bond donors (Lipinski definition) is 4. The number of nitrogens with one attached hydrogen (secondary N) is 3. The molecule has 0 spiro atoms. The summed E-state index contributed by atoms with van der Waals surface area (Å²) in [6, 6.07) is 12.6. The number of aromatic amines is 1. The van der Waals surface area contributed by atoms with Crippen molar-refractivity contribution in [2.75, 3.05) is 0 Å². The summed E-state index contributed by atoms with van der Waals surface area (Å²) in [4.78, 5) is 24.6. The van der Waals surface area contributed by atoms with E-state index >= 15 is 0 Å². The summed E-state index contributed by atoms with van der Waals surface area (Å²) >= 11 is 0. The zero-order valence-electron chi connectivity index (χ0n) is 23.1. The number of hydrogen-bond acceptors (Lipinski definition) is 4. The van der Waals surface area contributed by atoms with Crippen LogP contribution in [0.4, 0.5) is 0 Å². The summed E-state index contributed by atoms with van der Waals surface area (Å²) in [6.07, 6.45) is 18.2. The molecule has 6 rings (SSSR count). The van der Waals surface area contributed by atoms with Crippen LogP contribution in [-0.2, 0) is 11.3 Å². The Balaban J connectivity index is 1.43. The van der Waals surface area contributed by atoms with Crippen LogP contribution in [0.2, 0.25) is 0 Å². The van der Waals surface area contributed by atoms with Crippen molar-refractivity contribution in [3.05, 3.63) is 120 Å². The summed E-state index contributed by atoms with van der Waals surface area (Å²) in [5.74, 6) is 0.0114. The average Bonchev–Trinajstić information content (AvgIpc) is 3.34. The summed E-state index contributed by atoms with van der Waals surface area (Å²) < 4.78 is 1.99. The molecule has 41 heavy (non-hydrogen) atoms. The van der Waals surface area contributed by atoms with Crippen molar-refractivity contribution >= 4 is 34.3 Å². The molecule has 2 aliphatic rings. The number of carbonyl (C=O) groups excluding carboxylic acids is 1. The summed E-state index contributed by atoms with van der Waals surface area (Å²) in [5, 5.41) is 7.47. The van der Waals surface area contributed by atoms with Crippen LogP contribution in [0.3, 0.4) is 0 Å². The summed E-state index contributed by atoms with van der Waals surface area (Å²) in [5.41, 5.74) is 17.1. The number of aromatic nitrogens is 3. The molecule has 5 heterocycles. The van der Waals surface area contributed by atoms with Crippen molar-refractivity contribution in [1.29, 1.82) is 0 Å². The molecule has 5 N–H and O–H groups in total. The predicted molar refractivity (Wildman–Crippen MR) is 163 cm³/mol. The molecule has 1 amide bonds. The molecule has 0 saturated heterocycles. The van der Waals surface area contributed by atoms with E-state index in [-0.39, 0.29) is 5.91 Å². The van der Waals surface area contributed by atoms with E-state index in [9.17, 15) is 4.79 Å². The monoisotopic (exact) mass is 542 g/mol. The Hall–Kier alpha value is -5.24. The lowest BCUT2D eigenvalue weighted by atomic mass is 9.91. The van der Waals surface area contributed by atoms with E-state index in [1.54, 1.807) is 18.7 Å². The van der Waals surface area contributed by atoms with Gasteiger partial charge in [0.1, 0.15) is 12.7 Å². The van der Waals surface area contributed by atoms with E-state index in [0.717, 1.165) is 73.4 Å². The number of amides is 1. The highest BCUT2D eigenvalue weighted by atomic mass is 16.1. The van der Waals surface area contributed by atoms with Gasteiger partial charge < -0.3 is 15.6 Å². The highest BCUT2D eigenvalue weighted by Crippen LogP contribution is 2.36. The van der Waals surface area contributed by atoms with E-state index in [2.05, 4.69) is 56.1 Å². The van der Waals surface area contributed by atoms with Gasteiger partial charge >= 0.3 is 0 Å². The lowest BCUT2D eigenvalue weighted by Crippen LogP contribution is -2.21. The SMILES string of the molecule is CCCC(=O)NC1=CC(c2ccc3c(c2)C(c2cc4c(-c5ccncc5)cncc4[nH]2)=C[N+](=CN)C3)=CNC(C)=C1. The Morgan fingerprint density at radius 1 is 1.07 bits per heavy atom. The minimum Gasteiger partial charge on any atom is -0.365 e. The molecule has 0 aliphatic carbocycles. The average molecular weight is 543 g/mol. The van der Waals surface area contributed by atoms with Gasteiger partial charge in [0.2, 0.25) is 12.2 Å². The largest absolute Gasteiger partial charge is 0.365 e. The number of pyridine rings is 2. The number of H-pyrrole nitrogens is 1. The number of fused-ring (bicyclic) bond motifs is 2. The van der Waals surface area contributed by atoms with Gasteiger partial charge in [0.25, 0.3) is 0 Å². The first-order chi connectivity index (χ1) is 20.0. The number of benzene rings is 1. The molecular weight excluding hydrogens is 510 g/mol. The molecule has 3 aromatic heterocycles. The molecule has 204 valence electrons. The number of allylic oxidation sites excluding steroid dienone is 4. The number of nitrogens with zero attached hydrogens (tertiary/aromatic N) is 3. The van der Waals surface area contributed by atoms with Crippen molar-refractivity contribution in [3.63, 3.8) is 0 Å². The smallest absolute Gasteiger partial charge is 0.234 e. The van der Waals surface area contributed by atoms with Crippen molar-refractivity contribution in [2.45, 2.75) is 33.2 Å². The van der Waals surface area contributed by atoms with Crippen molar-refractivity contribution in [3.8, 4) is 11.1 Å². The Morgan fingerprint density at radius 2 is 1.93 bits per heavy atom. The number of nitrogens with two attached hydrogens (primary N) is 1. The first-order valence-electron chi connectivity index (χ1n) is 13.7. The van der Waals surface area contributed by atoms with Gasteiger partial charge in [-0.2, -0.15) is 0 Å². The molecule has 0 unspecified atom stereocenters. The van der Waals surface area contributed by atoms with Crippen LogP contribution < -0.4 is 16.4 Å². The van der Waals surface area contributed by atoms with E-state index in [4.69, 9.17) is 5.73 Å². The third kappa shape index (κ3) is 5.32. The molecule has 0 atom stereocenters. The van der Waals surface area contributed by atoms with Crippen LogP contribution in [-0.4, -0.2) is 31.8 Å². The van der Waals surface area contributed by atoms with Gasteiger partial charge in [0, 0.05) is 64.7 Å². The summed E-state index contributed by atoms with van der Waals surface area (Å²) in [7, 11) is 0. The number of rotatable bonds is 6.